The zero-order chi connectivity index (χ0) is 11.1. The number of aliphatic hydroxyl groups excluding tert-OH is 1. The zero-order valence-electron chi connectivity index (χ0n) is 9.96. The van der Waals surface area contributed by atoms with E-state index in [0.29, 0.717) is 6.61 Å². The Labute approximate surface area is 92.6 Å². The fourth-order valence-electron chi connectivity index (χ4n) is 1.69. The van der Waals surface area contributed by atoms with Crippen molar-refractivity contribution in [1.29, 1.82) is 0 Å². The van der Waals surface area contributed by atoms with Gasteiger partial charge >= 0.3 is 0 Å². The first-order valence-corrected chi connectivity index (χ1v) is 6.02. The van der Waals surface area contributed by atoms with Gasteiger partial charge in [-0.15, -0.1) is 0 Å². The maximum absolute atomic E-state index is 9.10. The summed E-state index contributed by atoms with van der Waals surface area (Å²) in [6.07, 6.45) is 7.24. The van der Waals surface area contributed by atoms with Crippen LogP contribution in [0.4, 0.5) is 0 Å². The van der Waals surface area contributed by atoms with Crippen LogP contribution in [0.2, 0.25) is 0 Å². The molecule has 0 amide bonds. The summed E-state index contributed by atoms with van der Waals surface area (Å²) < 4.78 is 5.46. The van der Waals surface area contributed by atoms with Crippen LogP contribution in [0.1, 0.15) is 52.4 Å². The molecule has 0 bridgehead atoms. The Bertz CT molecular complexity index is 216. The molecule has 0 radical (unpaired) electrons. The molecule has 1 aliphatic heterocycles. The summed E-state index contributed by atoms with van der Waals surface area (Å²) >= 11 is 0. The van der Waals surface area contributed by atoms with Crippen molar-refractivity contribution in [2.45, 2.75) is 57.9 Å². The number of hydrogen-bond donors (Lipinski definition) is 1. The first-order valence-electron chi connectivity index (χ1n) is 6.02. The van der Waals surface area contributed by atoms with E-state index >= 15 is 0 Å². The van der Waals surface area contributed by atoms with Crippen molar-refractivity contribution in [1.82, 2.24) is 0 Å². The second-order valence-corrected chi connectivity index (χ2v) is 4.61. The summed E-state index contributed by atoms with van der Waals surface area (Å²) in [5, 5.41) is 9.10. The third kappa shape index (κ3) is 4.20. The molecule has 0 aliphatic carbocycles. The second-order valence-electron chi connectivity index (χ2n) is 4.61. The average molecular weight is 213 g/mol. The van der Waals surface area contributed by atoms with E-state index in [4.69, 9.17) is 9.84 Å². The van der Waals surface area contributed by atoms with E-state index in [1.54, 1.807) is 0 Å². The van der Waals surface area contributed by atoms with Gasteiger partial charge in [-0.25, -0.2) is 4.99 Å². The molecule has 1 unspecified atom stereocenters. The Morgan fingerprint density at radius 2 is 2.07 bits per heavy atom. The van der Waals surface area contributed by atoms with Gasteiger partial charge in [0, 0.05) is 6.42 Å². The number of rotatable bonds is 7. The van der Waals surface area contributed by atoms with E-state index in [1.807, 2.05) is 6.92 Å². The molecule has 15 heavy (non-hydrogen) atoms. The molecule has 88 valence electrons. The van der Waals surface area contributed by atoms with Gasteiger partial charge in [0.1, 0.15) is 12.1 Å². The van der Waals surface area contributed by atoms with Gasteiger partial charge in [-0.3, -0.25) is 0 Å². The lowest BCUT2D eigenvalue weighted by Crippen LogP contribution is -2.28. The highest BCUT2D eigenvalue weighted by atomic mass is 16.5. The van der Waals surface area contributed by atoms with Gasteiger partial charge in [0.05, 0.1) is 6.61 Å². The van der Waals surface area contributed by atoms with Crippen molar-refractivity contribution < 1.29 is 9.84 Å². The maximum atomic E-state index is 9.10. The molecule has 0 spiro atoms. The molecule has 0 saturated carbocycles. The van der Waals surface area contributed by atoms with Crippen molar-refractivity contribution in [3.8, 4) is 0 Å². The minimum atomic E-state index is -0.376. The lowest BCUT2D eigenvalue weighted by molar-refractivity contribution is 0.169. The van der Waals surface area contributed by atoms with E-state index in [9.17, 15) is 0 Å². The van der Waals surface area contributed by atoms with Crippen LogP contribution < -0.4 is 0 Å². The average Bonchev–Trinajstić information content (AvgIpc) is 2.61. The van der Waals surface area contributed by atoms with E-state index < -0.39 is 0 Å². The summed E-state index contributed by atoms with van der Waals surface area (Å²) in [5.74, 6) is 0.836. The van der Waals surface area contributed by atoms with Crippen molar-refractivity contribution in [2.24, 2.45) is 4.99 Å². The fourth-order valence-corrected chi connectivity index (χ4v) is 1.69. The van der Waals surface area contributed by atoms with Gasteiger partial charge in [0.2, 0.25) is 0 Å². The Balaban J connectivity index is 2.15. The van der Waals surface area contributed by atoms with Crippen LogP contribution in [0.15, 0.2) is 4.99 Å². The largest absolute Gasteiger partial charge is 0.478 e. The van der Waals surface area contributed by atoms with Gasteiger partial charge in [0.15, 0.2) is 5.90 Å². The van der Waals surface area contributed by atoms with Gasteiger partial charge in [-0.05, 0) is 13.3 Å². The molecule has 1 rings (SSSR count). The number of aliphatic imine (C=N–C) groups is 1. The van der Waals surface area contributed by atoms with E-state index in [1.165, 1.54) is 25.7 Å². The number of aliphatic hydroxyl groups is 1. The van der Waals surface area contributed by atoms with Crippen LogP contribution in [0, 0.1) is 0 Å². The van der Waals surface area contributed by atoms with Crippen LogP contribution in [0.3, 0.4) is 0 Å². The summed E-state index contributed by atoms with van der Waals surface area (Å²) in [6.45, 7) is 4.76. The molecule has 3 nitrogen and oxygen atoms in total. The quantitative estimate of drug-likeness (QED) is 0.660. The molecule has 0 fully saturated rings. The second kappa shape index (κ2) is 6.11. The number of hydrogen-bond acceptors (Lipinski definition) is 3. The maximum Gasteiger partial charge on any atom is 0.184 e. The molecule has 1 aliphatic rings. The molecule has 3 heteroatoms. The third-order valence-corrected chi connectivity index (χ3v) is 2.78. The first kappa shape index (κ1) is 12.5. The first-order chi connectivity index (χ1) is 7.20. The number of ether oxygens (including phenoxy) is 1. The van der Waals surface area contributed by atoms with Crippen LogP contribution in [0.5, 0.6) is 0 Å². The van der Waals surface area contributed by atoms with Crippen molar-refractivity contribution in [2.75, 3.05) is 13.2 Å². The summed E-state index contributed by atoms with van der Waals surface area (Å²) in [7, 11) is 0. The molecule has 0 aromatic carbocycles. The number of nitrogens with zero attached hydrogens (tertiary/aromatic N) is 1. The lowest BCUT2D eigenvalue weighted by Gasteiger charge is -2.12. The van der Waals surface area contributed by atoms with Gasteiger partial charge < -0.3 is 9.84 Å². The van der Waals surface area contributed by atoms with Crippen molar-refractivity contribution in [3.63, 3.8) is 0 Å². The molecular weight excluding hydrogens is 190 g/mol. The predicted molar refractivity (Wildman–Crippen MR) is 62.3 cm³/mol. The van der Waals surface area contributed by atoms with Gasteiger partial charge in [0.25, 0.3) is 0 Å². The monoisotopic (exact) mass is 213 g/mol. The highest BCUT2D eigenvalue weighted by molar-refractivity contribution is 5.78. The highest BCUT2D eigenvalue weighted by Crippen LogP contribution is 2.19. The molecule has 0 aromatic rings. The summed E-state index contributed by atoms with van der Waals surface area (Å²) in [5.41, 5.74) is -0.376. The summed E-state index contributed by atoms with van der Waals surface area (Å²) in [6, 6.07) is 0. The Morgan fingerprint density at radius 1 is 1.33 bits per heavy atom. The fraction of sp³-hybridized carbons (Fsp3) is 0.917. The zero-order valence-corrected chi connectivity index (χ0v) is 9.96. The van der Waals surface area contributed by atoms with Crippen LogP contribution >= 0.6 is 0 Å². The molecular formula is C12H23NO2. The summed E-state index contributed by atoms with van der Waals surface area (Å²) in [4.78, 5) is 4.40. The normalized spacial score (nSPS) is 25.1. The van der Waals surface area contributed by atoms with E-state index in [2.05, 4.69) is 11.9 Å². The standard InChI is InChI=1S/C12H23NO2/c1-3-4-5-6-7-8-11-13-12(2,9-14)10-15-11/h14H,3-10H2,1-2H3. The van der Waals surface area contributed by atoms with E-state index in [-0.39, 0.29) is 12.1 Å². The minimum absolute atomic E-state index is 0.0757. The molecule has 1 N–H and O–H groups in total. The molecule has 0 saturated heterocycles. The SMILES string of the molecule is CCCCCCCC1=NC(C)(CO)CO1. The van der Waals surface area contributed by atoms with Crippen LogP contribution in [-0.4, -0.2) is 29.8 Å². The van der Waals surface area contributed by atoms with Crippen LogP contribution in [0.25, 0.3) is 0 Å². The highest BCUT2D eigenvalue weighted by Gasteiger charge is 2.30. The Kier molecular flexibility index (Phi) is 5.09. The Morgan fingerprint density at radius 3 is 2.67 bits per heavy atom. The molecule has 0 aromatic heterocycles. The van der Waals surface area contributed by atoms with Gasteiger partial charge in [-0.2, -0.15) is 0 Å². The Hall–Kier alpha value is -0.570. The third-order valence-electron chi connectivity index (χ3n) is 2.78. The minimum Gasteiger partial charge on any atom is -0.478 e. The predicted octanol–water partition coefficient (Wildman–Crippen LogP) is 2.53. The molecule has 1 heterocycles. The topological polar surface area (TPSA) is 41.8 Å². The lowest BCUT2D eigenvalue weighted by atomic mass is 10.1. The molecule has 1 atom stereocenters. The van der Waals surface area contributed by atoms with Crippen LogP contribution in [-0.2, 0) is 4.74 Å². The van der Waals surface area contributed by atoms with Crippen molar-refractivity contribution >= 4 is 5.90 Å². The van der Waals surface area contributed by atoms with E-state index in [0.717, 1.165) is 18.7 Å². The smallest absolute Gasteiger partial charge is 0.184 e. The van der Waals surface area contributed by atoms with Gasteiger partial charge in [-0.1, -0.05) is 32.6 Å². The van der Waals surface area contributed by atoms with Crippen molar-refractivity contribution in [3.05, 3.63) is 0 Å². The number of unbranched alkanes of at least 4 members (excludes halogenated alkanes) is 4.